The number of hydrogen-bond acceptors (Lipinski definition) is 3. The summed E-state index contributed by atoms with van der Waals surface area (Å²) in [6, 6.07) is 22.7. The number of aromatic nitrogens is 2. The van der Waals surface area contributed by atoms with Crippen molar-refractivity contribution < 1.29 is 45.5 Å². The molecule has 1 saturated heterocycles. The van der Waals surface area contributed by atoms with Crippen molar-refractivity contribution in [1.82, 2.24) is 10.00 Å². The lowest BCUT2D eigenvalue weighted by molar-refractivity contribution is -0.661. The van der Waals surface area contributed by atoms with Gasteiger partial charge < -0.3 is 40.5 Å². The van der Waals surface area contributed by atoms with Gasteiger partial charge in [0.05, 0.1) is 33.2 Å². The zero-order chi connectivity index (χ0) is 20.8. The van der Waals surface area contributed by atoms with Crippen LogP contribution in [0.1, 0.15) is 27.2 Å². The van der Waals surface area contributed by atoms with Crippen LogP contribution in [0.4, 0.5) is 5.82 Å². The molecule has 7 nitrogen and oxygen atoms in total. The smallest absolute Gasteiger partial charge is 0.298 e. The number of anilines is 1. The van der Waals surface area contributed by atoms with E-state index in [9.17, 15) is 4.79 Å². The lowest BCUT2D eigenvalue weighted by Gasteiger charge is -2.24. The van der Waals surface area contributed by atoms with Crippen molar-refractivity contribution in [3.05, 3.63) is 89.1 Å². The molecule has 0 saturated carbocycles. The lowest BCUT2D eigenvalue weighted by atomic mass is 10.0. The number of nitrogens with zero attached hydrogens (tertiary/aromatic N) is 3. The number of halogens is 2. The van der Waals surface area contributed by atoms with E-state index in [0.717, 1.165) is 50.5 Å². The van der Waals surface area contributed by atoms with Crippen LogP contribution in [-0.2, 0) is 13.0 Å². The van der Waals surface area contributed by atoms with Crippen LogP contribution in [0.25, 0.3) is 0 Å². The number of H-pyrrole nitrogens is 1. The molecular weight excluding hydrogens is 461 g/mol. The molecule has 0 bridgehead atoms. The minimum atomic E-state index is 0. The summed E-state index contributed by atoms with van der Waals surface area (Å²) in [5, 5.41) is 9.88. The van der Waals surface area contributed by atoms with Gasteiger partial charge >= 0.3 is 0 Å². The van der Waals surface area contributed by atoms with E-state index in [1.165, 1.54) is 11.1 Å². The third-order valence-electron chi connectivity index (χ3n) is 5.49. The van der Waals surface area contributed by atoms with E-state index in [1.54, 1.807) is 0 Å². The fourth-order valence-corrected chi connectivity index (χ4v) is 3.89. The van der Waals surface area contributed by atoms with Crippen LogP contribution in [0, 0.1) is 0 Å². The Kier molecular flexibility index (Phi) is 11.8. The Bertz CT molecular complexity index is 987. The molecule has 1 aliphatic rings. The third kappa shape index (κ3) is 7.40. The summed E-state index contributed by atoms with van der Waals surface area (Å²) in [7, 11) is 2.05. The van der Waals surface area contributed by atoms with Crippen LogP contribution in [0.5, 0.6) is 0 Å². The highest BCUT2D eigenvalue weighted by Crippen LogP contribution is 2.20. The number of carbonyl (C=O) groups excluding carboxylic acids is 1. The molecule has 2 aromatic carbocycles. The number of nitrogens with two attached hydrogens (primary N) is 1. The van der Waals surface area contributed by atoms with Crippen LogP contribution < -0.4 is 40.1 Å². The molecule has 4 rings (SSSR count). The molecule has 1 aromatic heterocycles. The summed E-state index contributed by atoms with van der Waals surface area (Å²) in [6.45, 7) is 4.19. The van der Waals surface area contributed by atoms with Crippen molar-refractivity contribution in [2.24, 2.45) is 0 Å². The molecule has 1 fully saturated rings. The Balaban J connectivity index is 0.00000181. The number of nitrogens with one attached hydrogen (secondary N) is 1. The first kappa shape index (κ1) is 28.3. The van der Waals surface area contributed by atoms with Crippen molar-refractivity contribution in [2.45, 2.75) is 13.0 Å². The Labute approximate surface area is 207 Å². The summed E-state index contributed by atoms with van der Waals surface area (Å²) in [5.74, 6) is 0.942. The van der Waals surface area contributed by atoms with E-state index in [0.29, 0.717) is 5.69 Å². The number of quaternary nitrogens is 1. The maximum Gasteiger partial charge on any atom is 0.298 e. The van der Waals surface area contributed by atoms with Crippen LogP contribution in [0.3, 0.4) is 0 Å². The summed E-state index contributed by atoms with van der Waals surface area (Å²) >= 11 is 0. The van der Waals surface area contributed by atoms with Crippen LogP contribution in [0.2, 0.25) is 0 Å². The maximum absolute atomic E-state index is 13.0. The molecule has 9 heteroatoms. The lowest BCUT2D eigenvalue weighted by Crippen LogP contribution is -3.00. The topological polar surface area (TPSA) is 98.7 Å². The molecule has 3 aromatic rings. The molecule has 0 spiro atoms. The molecule has 0 unspecified atom stereocenters. The fourth-order valence-electron chi connectivity index (χ4n) is 3.89. The molecular formula is C24H31Cl2N5O2. The van der Waals surface area contributed by atoms with Crippen molar-refractivity contribution in [3.63, 3.8) is 0 Å². The Morgan fingerprint density at radius 3 is 2.18 bits per heavy atom. The number of benzene rings is 2. The molecule has 33 heavy (non-hydrogen) atoms. The molecule has 1 aliphatic heterocycles. The van der Waals surface area contributed by atoms with E-state index in [2.05, 4.69) is 51.7 Å². The number of carbonyl (C=O) groups is 1. The number of amides is 1. The predicted octanol–water partition coefficient (Wildman–Crippen LogP) is -5.67. The Morgan fingerprint density at radius 1 is 1.00 bits per heavy atom. The van der Waals surface area contributed by atoms with E-state index in [4.69, 9.17) is 0 Å². The average molecular weight is 492 g/mol. The van der Waals surface area contributed by atoms with Gasteiger partial charge in [0.25, 0.3) is 11.7 Å². The van der Waals surface area contributed by atoms with Crippen molar-refractivity contribution in [3.8, 4) is 0 Å². The second-order valence-electron chi connectivity index (χ2n) is 7.79. The standard InChI is InChI=1S/C24H27N5O.2ClH.H2O/c1-28(18-20-10-6-3-7-11-20)23-21(16-19-8-4-2-5-9-19)17-22(26-27-23)24(30)29-14-12-25-13-15-29;;;/h2-11,17,25H,12-16,18H2,1H3;2*1H;1H2. The second kappa shape index (κ2) is 13.7. The molecule has 0 atom stereocenters. The van der Waals surface area contributed by atoms with E-state index >= 15 is 0 Å². The predicted molar refractivity (Wildman–Crippen MR) is 120 cm³/mol. The zero-order valence-electron chi connectivity index (χ0n) is 18.7. The number of hydrogen-bond donors (Lipinski definition) is 1. The van der Waals surface area contributed by atoms with Gasteiger partial charge in [-0.05, 0) is 17.2 Å². The quantitative estimate of drug-likeness (QED) is 0.372. The molecule has 0 radical (unpaired) electrons. The molecule has 2 heterocycles. The number of piperazine rings is 1. The van der Waals surface area contributed by atoms with Crippen LogP contribution in [-0.4, -0.2) is 54.6 Å². The normalized spacial score (nSPS) is 12.6. The van der Waals surface area contributed by atoms with Gasteiger partial charge in [-0.3, -0.25) is 9.69 Å². The van der Waals surface area contributed by atoms with Crippen molar-refractivity contribution in [2.75, 3.05) is 38.1 Å². The second-order valence-corrected chi connectivity index (χ2v) is 7.79. The minimum absolute atomic E-state index is 0. The van der Waals surface area contributed by atoms with E-state index in [-0.39, 0.29) is 36.2 Å². The summed E-state index contributed by atoms with van der Waals surface area (Å²) < 4.78 is 0. The summed E-state index contributed by atoms with van der Waals surface area (Å²) in [6.07, 6.45) is 0.738. The fraction of sp³-hybridized carbons (Fsp3) is 0.292. The maximum atomic E-state index is 13.0. The van der Waals surface area contributed by atoms with Gasteiger partial charge in [-0.1, -0.05) is 65.8 Å². The largest absolute Gasteiger partial charge is 1.00 e. The van der Waals surface area contributed by atoms with E-state index < -0.39 is 0 Å². The van der Waals surface area contributed by atoms with Crippen molar-refractivity contribution >= 4 is 11.7 Å². The first-order chi connectivity index (χ1) is 14.7. The van der Waals surface area contributed by atoms with Gasteiger partial charge in [0, 0.05) is 12.0 Å². The van der Waals surface area contributed by atoms with Crippen LogP contribution >= 0.6 is 0 Å². The summed E-state index contributed by atoms with van der Waals surface area (Å²) in [4.78, 5) is 17.0. The van der Waals surface area contributed by atoms with Gasteiger partial charge in [-0.15, -0.1) is 5.10 Å². The monoisotopic (exact) mass is 491 g/mol. The number of aromatic amines is 1. The van der Waals surface area contributed by atoms with Gasteiger partial charge in [0.2, 0.25) is 0 Å². The molecule has 0 aliphatic carbocycles. The molecule has 1 amide bonds. The Hall–Kier alpha value is -2.71. The molecule has 5 N–H and O–H groups in total. The first-order valence-corrected chi connectivity index (χ1v) is 10.5. The van der Waals surface area contributed by atoms with Gasteiger partial charge in [0.1, 0.15) is 6.54 Å². The average Bonchev–Trinajstić information content (AvgIpc) is 2.80. The van der Waals surface area contributed by atoms with E-state index in [1.807, 2.05) is 47.4 Å². The third-order valence-corrected chi connectivity index (χ3v) is 5.49. The van der Waals surface area contributed by atoms with Gasteiger partial charge in [-0.2, -0.15) is 0 Å². The highest BCUT2D eigenvalue weighted by atomic mass is 35.5. The highest BCUT2D eigenvalue weighted by Gasteiger charge is 2.25. The minimum Gasteiger partial charge on any atom is -1.00 e. The Morgan fingerprint density at radius 2 is 1.58 bits per heavy atom. The highest BCUT2D eigenvalue weighted by molar-refractivity contribution is 5.92. The first-order valence-electron chi connectivity index (χ1n) is 10.5. The SMILES string of the molecule is CN(Cc1ccccc1)c1[nH+]nc(C(=O)N2CC[NH2+]CC2)cc1Cc1ccccc1.O.[Cl-].[Cl-]. The number of rotatable bonds is 6. The van der Waals surface area contributed by atoms with Gasteiger partial charge in [-0.25, -0.2) is 0 Å². The molecule has 178 valence electrons. The zero-order valence-corrected chi connectivity index (χ0v) is 20.2. The van der Waals surface area contributed by atoms with Crippen LogP contribution in [0.15, 0.2) is 66.7 Å². The summed E-state index contributed by atoms with van der Waals surface area (Å²) in [5.41, 5.74) is 3.99. The van der Waals surface area contributed by atoms with Gasteiger partial charge in [0.15, 0.2) is 5.69 Å². The van der Waals surface area contributed by atoms with Crippen molar-refractivity contribution in [1.29, 1.82) is 0 Å².